The van der Waals surface area contributed by atoms with Crippen LogP contribution in [-0.2, 0) is 16.4 Å². The molecule has 3 rings (SSSR count). The van der Waals surface area contributed by atoms with Crippen LogP contribution >= 0.6 is 0 Å². The van der Waals surface area contributed by atoms with Crippen molar-refractivity contribution < 1.29 is 22.7 Å². The molecule has 6 heteroatoms. The van der Waals surface area contributed by atoms with E-state index in [1.54, 1.807) is 0 Å². The Morgan fingerprint density at radius 3 is 2.53 bits per heavy atom. The van der Waals surface area contributed by atoms with E-state index in [1.165, 1.54) is 6.07 Å². The highest BCUT2D eigenvalue weighted by molar-refractivity contribution is 5.79. The van der Waals surface area contributed by atoms with Crippen LogP contribution < -0.4 is 4.74 Å². The van der Waals surface area contributed by atoms with E-state index in [4.69, 9.17) is 4.74 Å². The van der Waals surface area contributed by atoms with Crippen LogP contribution in [0.4, 0.5) is 13.2 Å². The summed E-state index contributed by atoms with van der Waals surface area (Å²) >= 11 is 0. The van der Waals surface area contributed by atoms with E-state index in [0.29, 0.717) is 37.9 Å². The van der Waals surface area contributed by atoms with Gasteiger partial charge in [0, 0.05) is 23.8 Å². The number of rotatable bonds is 0. The Balaban J connectivity index is 1.96. The van der Waals surface area contributed by atoms with E-state index in [9.17, 15) is 18.0 Å². The molecule has 0 bridgehead atoms. The zero-order valence-corrected chi connectivity index (χ0v) is 10.1. The molecule has 0 N–H and O–H groups in total. The number of pyridine rings is 1. The molecule has 2 aliphatic rings. The highest BCUT2D eigenvalue weighted by Gasteiger charge is 2.45. The van der Waals surface area contributed by atoms with Gasteiger partial charge in [0.05, 0.1) is 6.61 Å². The number of fused-ring (bicyclic) bond motifs is 2. The highest BCUT2D eigenvalue weighted by atomic mass is 19.4. The molecular weight excluding hydrogens is 259 g/mol. The standard InChI is InChI=1S/C13H12F3NO2/c14-13(15,16)10-2-1-9-11(17-10)19-7-12(9)5-3-8(18)4-6-12/h1-2H,3-7H2. The van der Waals surface area contributed by atoms with Crippen LogP contribution in [0.3, 0.4) is 0 Å². The molecule has 0 unspecified atom stereocenters. The molecule has 0 aromatic carbocycles. The van der Waals surface area contributed by atoms with Crippen LogP contribution in [-0.4, -0.2) is 17.4 Å². The molecule has 102 valence electrons. The maximum absolute atomic E-state index is 12.6. The van der Waals surface area contributed by atoms with Gasteiger partial charge in [-0.1, -0.05) is 6.07 Å². The van der Waals surface area contributed by atoms with Gasteiger partial charge in [-0.2, -0.15) is 13.2 Å². The average molecular weight is 271 g/mol. The molecule has 1 aliphatic heterocycles. The fourth-order valence-electron chi connectivity index (χ4n) is 2.82. The predicted molar refractivity (Wildman–Crippen MR) is 59.9 cm³/mol. The molecule has 2 heterocycles. The minimum Gasteiger partial charge on any atom is -0.476 e. The van der Waals surface area contributed by atoms with E-state index >= 15 is 0 Å². The number of nitrogens with zero attached hydrogens (tertiary/aromatic N) is 1. The summed E-state index contributed by atoms with van der Waals surface area (Å²) in [6.45, 7) is 0.323. The number of Topliss-reactive ketones (excluding diaryl/α,β-unsaturated/α-hetero) is 1. The molecule has 1 saturated carbocycles. The Kier molecular flexibility index (Phi) is 2.59. The number of aromatic nitrogens is 1. The van der Waals surface area contributed by atoms with Gasteiger partial charge in [-0.3, -0.25) is 4.79 Å². The lowest BCUT2D eigenvalue weighted by Crippen LogP contribution is -2.33. The van der Waals surface area contributed by atoms with Gasteiger partial charge in [0.15, 0.2) is 0 Å². The van der Waals surface area contributed by atoms with Crippen molar-refractivity contribution in [3.63, 3.8) is 0 Å². The van der Waals surface area contributed by atoms with Gasteiger partial charge in [-0.15, -0.1) is 0 Å². The first kappa shape index (κ1) is 12.4. The van der Waals surface area contributed by atoms with Crippen LogP contribution in [0.15, 0.2) is 12.1 Å². The first-order valence-electron chi connectivity index (χ1n) is 6.14. The second-order valence-corrected chi connectivity index (χ2v) is 5.15. The van der Waals surface area contributed by atoms with Gasteiger partial charge >= 0.3 is 6.18 Å². The van der Waals surface area contributed by atoms with Gasteiger partial charge in [0.2, 0.25) is 5.88 Å². The molecule has 1 spiro atoms. The number of hydrogen-bond acceptors (Lipinski definition) is 3. The molecule has 1 aromatic rings. The third-order valence-electron chi connectivity index (χ3n) is 3.97. The maximum atomic E-state index is 12.6. The van der Waals surface area contributed by atoms with Crippen molar-refractivity contribution in [1.29, 1.82) is 0 Å². The van der Waals surface area contributed by atoms with Crippen molar-refractivity contribution in [2.45, 2.75) is 37.3 Å². The molecule has 1 fully saturated rings. The molecule has 0 amide bonds. The largest absolute Gasteiger partial charge is 0.476 e. The number of halogens is 3. The van der Waals surface area contributed by atoms with Gasteiger partial charge in [0.25, 0.3) is 0 Å². The lowest BCUT2D eigenvalue weighted by Gasteiger charge is -2.31. The number of carbonyl (C=O) groups is 1. The molecule has 0 radical (unpaired) electrons. The second kappa shape index (κ2) is 3.95. The van der Waals surface area contributed by atoms with E-state index in [-0.39, 0.29) is 17.1 Å². The first-order valence-corrected chi connectivity index (χ1v) is 6.14. The first-order chi connectivity index (χ1) is 8.91. The quantitative estimate of drug-likeness (QED) is 0.728. The van der Waals surface area contributed by atoms with Crippen molar-refractivity contribution in [2.75, 3.05) is 6.61 Å². The van der Waals surface area contributed by atoms with Crippen LogP contribution in [0.1, 0.15) is 36.9 Å². The number of hydrogen-bond donors (Lipinski definition) is 0. The minimum atomic E-state index is -4.46. The highest BCUT2D eigenvalue weighted by Crippen LogP contribution is 2.47. The number of ether oxygens (including phenoxy) is 1. The summed E-state index contributed by atoms with van der Waals surface area (Å²) in [7, 11) is 0. The Labute approximate surface area is 107 Å². The normalized spacial score (nSPS) is 21.3. The van der Waals surface area contributed by atoms with Crippen molar-refractivity contribution in [1.82, 2.24) is 4.98 Å². The molecule has 0 saturated heterocycles. The zero-order chi connectivity index (χ0) is 13.7. The van der Waals surface area contributed by atoms with Crippen molar-refractivity contribution in [3.05, 3.63) is 23.4 Å². The third-order valence-corrected chi connectivity index (χ3v) is 3.97. The van der Waals surface area contributed by atoms with Crippen LogP contribution in [0.2, 0.25) is 0 Å². The fraction of sp³-hybridized carbons (Fsp3) is 0.538. The van der Waals surface area contributed by atoms with E-state index < -0.39 is 11.9 Å². The predicted octanol–water partition coefficient (Wildman–Crippen LogP) is 2.87. The smallest absolute Gasteiger partial charge is 0.433 e. The van der Waals surface area contributed by atoms with Crippen molar-refractivity contribution in [3.8, 4) is 5.88 Å². The summed E-state index contributed by atoms with van der Waals surface area (Å²) in [5.74, 6) is 0.281. The van der Waals surface area contributed by atoms with Gasteiger partial charge < -0.3 is 4.74 Å². The number of ketones is 1. The summed E-state index contributed by atoms with van der Waals surface area (Å²) in [5, 5.41) is 0. The Morgan fingerprint density at radius 1 is 1.21 bits per heavy atom. The summed E-state index contributed by atoms with van der Waals surface area (Å²) in [6.07, 6.45) is -2.28. The Bertz CT molecular complexity index is 529. The Hall–Kier alpha value is -1.59. The van der Waals surface area contributed by atoms with Crippen LogP contribution in [0.5, 0.6) is 5.88 Å². The molecule has 1 aromatic heterocycles. The maximum Gasteiger partial charge on any atom is 0.433 e. The van der Waals surface area contributed by atoms with Gasteiger partial charge in [-0.05, 0) is 18.9 Å². The molecule has 0 atom stereocenters. The molecule has 3 nitrogen and oxygen atoms in total. The minimum absolute atomic E-state index is 0.0733. The van der Waals surface area contributed by atoms with E-state index in [2.05, 4.69) is 4.98 Å². The zero-order valence-electron chi connectivity index (χ0n) is 10.1. The van der Waals surface area contributed by atoms with Gasteiger partial charge in [0.1, 0.15) is 11.5 Å². The van der Waals surface area contributed by atoms with Crippen LogP contribution in [0.25, 0.3) is 0 Å². The summed E-state index contributed by atoms with van der Waals surface area (Å²) in [5.41, 5.74) is -0.538. The lowest BCUT2D eigenvalue weighted by atomic mass is 9.71. The summed E-state index contributed by atoms with van der Waals surface area (Å²) in [4.78, 5) is 14.9. The lowest BCUT2D eigenvalue weighted by molar-refractivity contribution is -0.141. The molecule has 1 aliphatic carbocycles. The topological polar surface area (TPSA) is 39.2 Å². The molecular formula is C13H12F3NO2. The van der Waals surface area contributed by atoms with Crippen molar-refractivity contribution in [2.24, 2.45) is 0 Å². The van der Waals surface area contributed by atoms with Gasteiger partial charge in [-0.25, -0.2) is 4.98 Å². The number of alkyl halides is 3. The monoisotopic (exact) mass is 271 g/mol. The van der Waals surface area contributed by atoms with E-state index in [0.717, 1.165) is 6.07 Å². The fourth-order valence-corrected chi connectivity index (χ4v) is 2.82. The Morgan fingerprint density at radius 2 is 1.89 bits per heavy atom. The van der Waals surface area contributed by atoms with Crippen LogP contribution in [0, 0.1) is 0 Å². The van der Waals surface area contributed by atoms with E-state index in [1.807, 2.05) is 0 Å². The summed E-state index contributed by atoms with van der Waals surface area (Å²) in [6, 6.07) is 2.44. The second-order valence-electron chi connectivity index (χ2n) is 5.15. The SMILES string of the molecule is O=C1CCC2(CC1)COc1nc(C(F)(F)F)ccc12. The average Bonchev–Trinajstić information content (AvgIpc) is 2.71. The third kappa shape index (κ3) is 1.99. The van der Waals surface area contributed by atoms with Crippen molar-refractivity contribution >= 4 is 5.78 Å². The molecule has 19 heavy (non-hydrogen) atoms. The number of carbonyl (C=O) groups excluding carboxylic acids is 1. The summed E-state index contributed by atoms with van der Waals surface area (Å²) < 4.78 is 43.1.